The number of carbonyl (C=O) groups excluding carboxylic acids is 1. The van der Waals surface area contributed by atoms with Crippen LogP contribution in [-0.2, 0) is 4.79 Å². The highest BCUT2D eigenvalue weighted by Crippen LogP contribution is 2.16. The molecule has 0 aliphatic heterocycles. The van der Waals surface area contributed by atoms with Gasteiger partial charge in [-0.05, 0) is 31.5 Å². The molecule has 0 fully saturated rings. The molecule has 1 rings (SSSR count). The lowest BCUT2D eigenvalue weighted by Gasteiger charge is -2.13. The Hall–Kier alpha value is -1.29. The number of carbonyl (C=O) groups is 1. The minimum Gasteiger partial charge on any atom is -0.468 e. The number of amides is 1. The number of hydrogen-bond donors (Lipinski definition) is 2. The van der Waals surface area contributed by atoms with Gasteiger partial charge in [0.25, 0.3) is 0 Å². The van der Waals surface area contributed by atoms with Gasteiger partial charge in [-0.3, -0.25) is 4.79 Å². The summed E-state index contributed by atoms with van der Waals surface area (Å²) in [5.41, 5.74) is 5.05. The first-order chi connectivity index (χ1) is 7.24. The van der Waals surface area contributed by atoms with Gasteiger partial charge >= 0.3 is 0 Å². The van der Waals surface area contributed by atoms with E-state index in [9.17, 15) is 4.79 Å². The van der Waals surface area contributed by atoms with E-state index in [-0.39, 0.29) is 11.9 Å². The summed E-state index contributed by atoms with van der Waals surface area (Å²) in [5, 5.41) is 3.33. The summed E-state index contributed by atoms with van der Waals surface area (Å²) in [4.78, 5) is 10.5. The van der Waals surface area contributed by atoms with E-state index in [1.54, 1.807) is 6.26 Å². The molecule has 1 atom stereocenters. The van der Waals surface area contributed by atoms with E-state index in [1.807, 2.05) is 12.1 Å². The zero-order valence-electron chi connectivity index (χ0n) is 9.03. The maximum absolute atomic E-state index is 10.5. The van der Waals surface area contributed by atoms with Gasteiger partial charge in [-0.15, -0.1) is 0 Å². The summed E-state index contributed by atoms with van der Waals surface area (Å²) in [6, 6.07) is 4.06. The molecule has 0 aliphatic carbocycles. The van der Waals surface area contributed by atoms with Crippen molar-refractivity contribution in [3.8, 4) is 0 Å². The minimum absolute atomic E-state index is 0.230. The molecule has 1 aromatic rings. The molecule has 4 heteroatoms. The van der Waals surface area contributed by atoms with Crippen LogP contribution in [0, 0.1) is 0 Å². The van der Waals surface area contributed by atoms with Crippen LogP contribution in [0.3, 0.4) is 0 Å². The van der Waals surface area contributed by atoms with Gasteiger partial charge in [-0.2, -0.15) is 0 Å². The van der Waals surface area contributed by atoms with E-state index >= 15 is 0 Å². The largest absolute Gasteiger partial charge is 0.468 e. The van der Waals surface area contributed by atoms with Crippen LogP contribution in [-0.4, -0.2) is 12.5 Å². The molecular formula is C11H18N2O2. The summed E-state index contributed by atoms with van der Waals surface area (Å²) in [6.45, 7) is 2.87. The van der Waals surface area contributed by atoms with E-state index in [2.05, 4.69) is 12.2 Å². The number of furan rings is 1. The summed E-state index contributed by atoms with van der Waals surface area (Å²) >= 11 is 0. The molecule has 0 aliphatic rings. The molecule has 0 bridgehead atoms. The van der Waals surface area contributed by atoms with E-state index in [0.717, 1.165) is 25.1 Å². The predicted octanol–water partition coefficient (Wildman–Crippen LogP) is 1.59. The third kappa shape index (κ3) is 4.16. The van der Waals surface area contributed by atoms with Gasteiger partial charge in [-0.25, -0.2) is 0 Å². The van der Waals surface area contributed by atoms with Crippen molar-refractivity contribution in [1.82, 2.24) is 5.32 Å². The standard InChI is InChI=1S/C11H18N2O2/c1-2-9(10-5-4-8-15-10)13-7-3-6-11(12)14/h4-5,8-9,13H,2-3,6-7H2,1H3,(H2,12,14). The number of nitrogens with two attached hydrogens (primary N) is 1. The van der Waals surface area contributed by atoms with Crippen LogP contribution in [0.2, 0.25) is 0 Å². The lowest BCUT2D eigenvalue weighted by molar-refractivity contribution is -0.118. The highest BCUT2D eigenvalue weighted by atomic mass is 16.3. The Balaban J connectivity index is 2.26. The van der Waals surface area contributed by atoms with Crippen molar-refractivity contribution in [3.63, 3.8) is 0 Å². The Bertz CT molecular complexity index is 283. The molecule has 0 aromatic carbocycles. The van der Waals surface area contributed by atoms with Gasteiger partial charge in [0.2, 0.25) is 5.91 Å². The molecule has 0 saturated carbocycles. The third-order valence-electron chi connectivity index (χ3n) is 2.29. The van der Waals surface area contributed by atoms with E-state index in [1.165, 1.54) is 0 Å². The van der Waals surface area contributed by atoms with Crippen molar-refractivity contribution < 1.29 is 9.21 Å². The normalized spacial score (nSPS) is 12.6. The molecule has 84 valence electrons. The van der Waals surface area contributed by atoms with Crippen molar-refractivity contribution in [2.45, 2.75) is 32.2 Å². The Morgan fingerprint density at radius 1 is 1.67 bits per heavy atom. The quantitative estimate of drug-likeness (QED) is 0.671. The van der Waals surface area contributed by atoms with Crippen LogP contribution < -0.4 is 11.1 Å². The topological polar surface area (TPSA) is 68.3 Å². The van der Waals surface area contributed by atoms with Crippen LogP contribution in [0.1, 0.15) is 38.0 Å². The van der Waals surface area contributed by atoms with Crippen LogP contribution in [0.15, 0.2) is 22.8 Å². The van der Waals surface area contributed by atoms with Crippen LogP contribution >= 0.6 is 0 Å². The van der Waals surface area contributed by atoms with Crippen LogP contribution in [0.5, 0.6) is 0 Å². The monoisotopic (exact) mass is 210 g/mol. The second-order valence-electron chi connectivity index (χ2n) is 3.50. The predicted molar refractivity (Wildman–Crippen MR) is 58.2 cm³/mol. The van der Waals surface area contributed by atoms with E-state index in [0.29, 0.717) is 6.42 Å². The molecule has 0 spiro atoms. The van der Waals surface area contributed by atoms with Crippen molar-refractivity contribution in [2.75, 3.05) is 6.54 Å². The molecule has 1 amide bonds. The highest BCUT2D eigenvalue weighted by molar-refractivity contribution is 5.73. The van der Waals surface area contributed by atoms with Gasteiger partial charge in [-0.1, -0.05) is 6.92 Å². The van der Waals surface area contributed by atoms with Crippen molar-refractivity contribution >= 4 is 5.91 Å². The fourth-order valence-corrected chi connectivity index (χ4v) is 1.47. The maximum Gasteiger partial charge on any atom is 0.217 e. The molecule has 3 N–H and O–H groups in total. The zero-order valence-corrected chi connectivity index (χ0v) is 9.03. The van der Waals surface area contributed by atoms with Gasteiger partial charge in [0.1, 0.15) is 5.76 Å². The van der Waals surface area contributed by atoms with E-state index < -0.39 is 0 Å². The molecule has 1 heterocycles. The van der Waals surface area contributed by atoms with E-state index in [4.69, 9.17) is 10.2 Å². The SMILES string of the molecule is CCC(NCCCC(N)=O)c1ccco1. The second kappa shape index (κ2) is 6.24. The summed E-state index contributed by atoms with van der Waals surface area (Å²) in [6.07, 6.45) is 3.83. The van der Waals surface area contributed by atoms with Crippen molar-refractivity contribution in [3.05, 3.63) is 24.2 Å². The molecule has 4 nitrogen and oxygen atoms in total. The van der Waals surface area contributed by atoms with Gasteiger partial charge in [0.05, 0.1) is 12.3 Å². The Morgan fingerprint density at radius 2 is 2.47 bits per heavy atom. The third-order valence-corrected chi connectivity index (χ3v) is 2.29. The lowest BCUT2D eigenvalue weighted by Crippen LogP contribution is -2.23. The molecule has 0 saturated heterocycles. The van der Waals surface area contributed by atoms with Gasteiger partial charge in [0.15, 0.2) is 0 Å². The highest BCUT2D eigenvalue weighted by Gasteiger charge is 2.10. The Morgan fingerprint density at radius 3 is 3.00 bits per heavy atom. The average molecular weight is 210 g/mol. The minimum atomic E-state index is -0.247. The summed E-state index contributed by atoms with van der Waals surface area (Å²) in [7, 11) is 0. The van der Waals surface area contributed by atoms with Crippen LogP contribution in [0.25, 0.3) is 0 Å². The Labute approximate surface area is 89.8 Å². The smallest absolute Gasteiger partial charge is 0.217 e. The van der Waals surface area contributed by atoms with Crippen molar-refractivity contribution in [1.29, 1.82) is 0 Å². The molecule has 1 aromatic heterocycles. The van der Waals surface area contributed by atoms with Gasteiger partial charge in [0, 0.05) is 6.42 Å². The molecule has 0 radical (unpaired) electrons. The van der Waals surface area contributed by atoms with Crippen molar-refractivity contribution in [2.24, 2.45) is 5.73 Å². The molecule has 15 heavy (non-hydrogen) atoms. The first kappa shape index (κ1) is 11.8. The lowest BCUT2D eigenvalue weighted by atomic mass is 10.1. The summed E-state index contributed by atoms with van der Waals surface area (Å²) in [5.74, 6) is 0.694. The fourth-order valence-electron chi connectivity index (χ4n) is 1.47. The Kier molecular flexibility index (Phi) is 4.90. The molecular weight excluding hydrogens is 192 g/mol. The van der Waals surface area contributed by atoms with Crippen LogP contribution in [0.4, 0.5) is 0 Å². The summed E-state index contributed by atoms with van der Waals surface area (Å²) < 4.78 is 5.31. The number of nitrogens with one attached hydrogen (secondary N) is 1. The number of rotatable bonds is 7. The first-order valence-electron chi connectivity index (χ1n) is 5.29. The fraction of sp³-hybridized carbons (Fsp3) is 0.545. The average Bonchev–Trinajstić information content (AvgIpc) is 2.70. The van der Waals surface area contributed by atoms with Gasteiger partial charge < -0.3 is 15.5 Å². The second-order valence-corrected chi connectivity index (χ2v) is 3.50. The maximum atomic E-state index is 10.5. The molecule has 1 unspecified atom stereocenters. The zero-order chi connectivity index (χ0) is 11.1. The number of hydrogen-bond acceptors (Lipinski definition) is 3. The first-order valence-corrected chi connectivity index (χ1v) is 5.29. The number of primary amides is 1.